The summed E-state index contributed by atoms with van der Waals surface area (Å²) in [7, 11) is 0. The molecule has 0 spiro atoms. The van der Waals surface area contributed by atoms with Gasteiger partial charge in [-0.05, 0) is 43.0 Å². The van der Waals surface area contributed by atoms with Crippen LogP contribution in [0.15, 0.2) is 41.7 Å². The summed E-state index contributed by atoms with van der Waals surface area (Å²) in [5, 5.41) is 21.9. The first-order valence-electron chi connectivity index (χ1n) is 10.5. The van der Waals surface area contributed by atoms with Crippen LogP contribution in [-0.4, -0.2) is 32.0 Å². The molecular weight excluding hydrogens is 378 g/mol. The van der Waals surface area contributed by atoms with Crippen molar-refractivity contribution in [2.45, 2.75) is 65.2 Å². The Bertz CT molecular complexity index is 935. The Morgan fingerprint density at radius 2 is 1.97 bits per heavy atom. The summed E-state index contributed by atoms with van der Waals surface area (Å²) in [5.74, 6) is -0.598. The molecule has 1 aliphatic rings. The zero-order chi connectivity index (χ0) is 22.3. The minimum Gasteiger partial charge on any atom is -0.478 e. The second-order valence-corrected chi connectivity index (χ2v) is 7.59. The maximum atomic E-state index is 10.9. The summed E-state index contributed by atoms with van der Waals surface area (Å²) in [6.07, 6.45) is 8.20. The lowest BCUT2D eigenvalue weighted by Gasteiger charge is -2.36. The van der Waals surface area contributed by atoms with Gasteiger partial charge in [0.05, 0.1) is 23.1 Å². The quantitative estimate of drug-likeness (QED) is 0.377. The van der Waals surface area contributed by atoms with Crippen molar-refractivity contribution in [3.05, 3.63) is 64.7 Å². The van der Waals surface area contributed by atoms with Crippen LogP contribution >= 0.6 is 0 Å². The SMILES string of the molecule is CC.CCC1(C)CCC(C)c2ncc(C(/C=C/c3ccc(C(=O)O)cc3)=N/O)nc21. The van der Waals surface area contributed by atoms with Crippen LogP contribution in [0.4, 0.5) is 0 Å². The summed E-state index contributed by atoms with van der Waals surface area (Å²) in [6.45, 7) is 10.5. The van der Waals surface area contributed by atoms with Gasteiger partial charge in [-0.1, -0.05) is 58.0 Å². The number of carbonyl (C=O) groups is 1. The largest absolute Gasteiger partial charge is 0.478 e. The van der Waals surface area contributed by atoms with Crippen molar-refractivity contribution in [2.24, 2.45) is 5.16 Å². The molecule has 6 nitrogen and oxygen atoms in total. The monoisotopic (exact) mass is 409 g/mol. The van der Waals surface area contributed by atoms with Gasteiger partial charge >= 0.3 is 5.97 Å². The number of rotatable bonds is 5. The van der Waals surface area contributed by atoms with Gasteiger partial charge in [0.2, 0.25) is 0 Å². The number of allylic oxidation sites excluding steroid dienone is 1. The van der Waals surface area contributed by atoms with E-state index in [4.69, 9.17) is 10.1 Å². The Hall–Kier alpha value is -3.02. The molecule has 0 amide bonds. The van der Waals surface area contributed by atoms with Crippen molar-refractivity contribution in [1.29, 1.82) is 0 Å². The number of aromatic carboxylic acids is 1. The van der Waals surface area contributed by atoms with Crippen LogP contribution < -0.4 is 0 Å². The number of carboxylic acids is 1. The first kappa shape index (κ1) is 23.3. The summed E-state index contributed by atoms with van der Waals surface area (Å²) in [5.41, 5.74) is 3.85. The molecule has 160 valence electrons. The average Bonchev–Trinajstić information content (AvgIpc) is 2.78. The van der Waals surface area contributed by atoms with E-state index in [9.17, 15) is 10.0 Å². The predicted molar refractivity (Wildman–Crippen MR) is 119 cm³/mol. The number of nitrogens with zero attached hydrogens (tertiary/aromatic N) is 3. The third-order valence-corrected chi connectivity index (χ3v) is 5.71. The molecule has 2 unspecified atom stereocenters. The Morgan fingerprint density at radius 3 is 2.53 bits per heavy atom. The molecule has 1 heterocycles. The van der Waals surface area contributed by atoms with Gasteiger partial charge in [-0.2, -0.15) is 0 Å². The van der Waals surface area contributed by atoms with Crippen LogP contribution in [0.2, 0.25) is 0 Å². The standard InChI is InChI=1S/C22H25N3O3.C2H6/c1-4-22(3)12-11-14(2)19-20(22)24-18(13-23-19)17(25-28)10-7-15-5-8-16(9-6-15)21(26)27;1-2/h5-10,13-14,28H,4,11-12H2,1-3H3,(H,26,27);1-2H3/b10-7+,25-17+;. The highest BCUT2D eigenvalue weighted by Gasteiger charge is 2.36. The maximum absolute atomic E-state index is 10.9. The highest BCUT2D eigenvalue weighted by Crippen LogP contribution is 2.42. The van der Waals surface area contributed by atoms with Gasteiger partial charge in [0.25, 0.3) is 0 Å². The van der Waals surface area contributed by atoms with E-state index in [0.29, 0.717) is 17.3 Å². The molecule has 2 aromatic rings. The van der Waals surface area contributed by atoms with Crippen LogP contribution in [0.25, 0.3) is 6.08 Å². The van der Waals surface area contributed by atoms with E-state index < -0.39 is 5.97 Å². The minimum atomic E-state index is -0.967. The van der Waals surface area contributed by atoms with Crippen LogP contribution in [0.1, 0.15) is 92.8 Å². The van der Waals surface area contributed by atoms with E-state index >= 15 is 0 Å². The van der Waals surface area contributed by atoms with E-state index in [0.717, 1.165) is 36.2 Å². The van der Waals surface area contributed by atoms with Crippen molar-refractivity contribution < 1.29 is 15.1 Å². The van der Waals surface area contributed by atoms with E-state index in [1.807, 2.05) is 13.8 Å². The fourth-order valence-electron chi connectivity index (χ4n) is 3.54. The number of carboxylic acid groups (broad SMARTS) is 1. The van der Waals surface area contributed by atoms with Gasteiger partial charge in [0.1, 0.15) is 11.4 Å². The molecule has 30 heavy (non-hydrogen) atoms. The van der Waals surface area contributed by atoms with Gasteiger partial charge < -0.3 is 10.3 Å². The number of benzene rings is 1. The molecule has 0 saturated heterocycles. The predicted octanol–water partition coefficient (Wildman–Crippen LogP) is 5.66. The zero-order valence-electron chi connectivity index (χ0n) is 18.4. The molecule has 3 rings (SSSR count). The molecule has 1 aliphatic carbocycles. The van der Waals surface area contributed by atoms with Gasteiger partial charge in [-0.25, -0.2) is 9.78 Å². The second-order valence-electron chi connectivity index (χ2n) is 7.59. The Labute approximate surface area is 178 Å². The lowest BCUT2D eigenvalue weighted by molar-refractivity contribution is 0.0697. The molecule has 2 N–H and O–H groups in total. The van der Waals surface area contributed by atoms with Crippen molar-refractivity contribution in [2.75, 3.05) is 0 Å². The number of oxime groups is 1. The maximum Gasteiger partial charge on any atom is 0.335 e. The summed E-state index contributed by atoms with van der Waals surface area (Å²) in [6, 6.07) is 6.46. The number of fused-ring (bicyclic) bond motifs is 1. The van der Waals surface area contributed by atoms with Crippen LogP contribution in [0, 0.1) is 0 Å². The van der Waals surface area contributed by atoms with Crippen LogP contribution in [0.5, 0.6) is 0 Å². The second kappa shape index (κ2) is 10.1. The third-order valence-electron chi connectivity index (χ3n) is 5.71. The van der Waals surface area contributed by atoms with E-state index in [1.165, 1.54) is 12.1 Å². The van der Waals surface area contributed by atoms with Crippen LogP contribution in [0.3, 0.4) is 0 Å². The average molecular weight is 410 g/mol. The summed E-state index contributed by atoms with van der Waals surface area (Å²) >= 11 is 0. The summed E-state index contributed by atoms with van der Waals surface area (Å²) < 4.78 is 0. The molecule has 2 atom stereocenters. The molecule has 6 heteroatoms. The lowest BCUT2D eigenvalue weighted by atomic mass is 9.71. The molecule has 1 aromatic heterocycles. The molecule has 0 fully saturated rings. The van der Waals surface area contributed by atoms with Crippen molar-refractivity contribution in [3.8, 4) is 0 Å². The highest BCUT2D eigenvalue weighted by atomic mass is 16.4. The van der Waals surface area contributed by atoms with Crippen molar-refractivity contribution >= 4 is 17.8 Å². The highest BCUT2D eigenvalue weighted by molar-refractivity contribution is 6.09. The fourth-order valence-corrected chi connectivity index (χ4v) is 3.54. The topological polar surface area (TPSA) is 95.7 Å². The Morgan fingerprint density at radius 1 is 1.30 bits per heavy atom. The van der Waals surface area contributed by atoms with Gasteiger partial charge in [-0.3, -0.25) is 4.98 Å². The summed E-state index contributed by atoms with van der Waals surface area (Å²) in [4.78, 5) is 20.4. The van der Waals surface area contributed by atoms with Gasteiger partial charge in [-0.15, -0.1) is 0 Å². The lowest BCUT2D eigenvalue weighted by Crippen LogP contribution is -2.31. The smallest absolute Gasteiger partial charge is 0.335 e. The van der Waals surface area contributed by atoms with Crippen LogP contribution in [-0.2, 0) is 5.41 Å². The fraction of sp³-hybridized carbons (Fsp3) is 0.417. The first-order valence-corrected chi connectivity index (χ1v) is 10.5. The molecule has 0 bridgehead atoms. The Kier molecular flexibility index (Phi) is 7.86. The molecule has 0 saturated carbocycles. The zero-order valence-corrected chi connectivity index (χ0v) is 18.4. The number of hydrogen-bond acceptors (Lipinski definition) is 5. The normalized spacial score (nSPS) is 21.0. The number of aromatic nitrogens is 2. The van der Waals surface area contributed by atoms with E-state index in [1.54, 1.807) is 30.5 Å². The van der Waals surface area contributed by atoms with E-state index in [-0.39, 0.29) is 11.0 Å². The first-order chi connectivity index (χ1) is 14.4. The Balaban J connectivity index is 0.00000155. The molecular formula is C24H31N3O3. The third kappa shape index (κ3) is 4.93. The minimum absolute atomic E-state index is 0.0260. The van der Waals surface area contributed by atoms with E-state index in [2.05, 4.69) is 30.9 Å². The van der Waals surface area contributed by atoms with Gasteiger partial charge in [0, 0.05) is 11.3 Å². The van der Waals surface area contributed by atoms with Gasteiger partial charge in [0.15, 0.2) is 0 Å². The molecule has 1 aromatic carbocycles. The molecule has 0 radical (unpaired) electrons. The number of hydrogen-bond donors (Lipinski definition) is 2. The van der Waals surface area contributed by atoms with Crippen molar-refractivity contribution in [3.63, 3.8) is 0 Å². The van der Waals surface area contributed by atoms with Crippen molar-refractivity contribution in [1.82, 2.24) is 9.97 Å². The molecule has 0 aliphatic heterocycles.